The number of esters is 2. The summed E-state index contributed by atoms with van der Waals surface area (Å²) in [5.74, 6) is -2.31. The van der Waals surface area contributed by atoms with Gasteiger partial charge in [0, 0.05) is 0 Å². The van der Waals surface area contributed by atoms with Crippen LogP contribution in [0.3, 0.4) is 0 Å². The van der Waals surface area contributed by atoms with Gasteiger partial charge in [0.1, 0.15) is 0 Å². The van der Waals surface area contributed by atoms with Crippen LogP contribution in [0.5, 0.6) is 0 Å². The Kier molecular flexibility index (Phi) is 7.93. The van der Waals surface area contributed by atoms with Crippen molar-refractivity contribution in [1.82, 2.24) is 0 Å². The van der Waals surface area contributed by atoms with Crippen molar-refractivity contribution in [2.24, 2.45) is 5.92 Å². The first-order chi connectivity index (χ1) is 7.67. The second-order valence-corrected chi connectivity index (χ2v) is 2.77. The van der Waals surface area contributed by atoms with Crippen molar-refractivity contribution < 1.29 is 23.8 Å². The molecule has 16 heavy (non-hydrogen) atoms. The Balaban J connectivity index is 4.49. The van der Waals surface area contributed by atoms with Crippen LogP contribution in [0.25, 0.3) is 0 Å². The van der Waals surface area contributed by atoms with Gasteiger partial charge in [0.15, 0.2) is 5.92 Å². The maximum absolute atomic E-state index is 11.4. The highest BCUT2D eigenvalue weighted by Gasteiger charge is 2.26. The van der Waals surface area contributed by atoms with Gasteiger partial charge in [-0.25, -0.2) is 0 Å². The van der Waals surface area contributed by atoms with Crippen molar-refractivity contribution in [1.29, 1.82) is 0 Å². The van der Waals surface area contributed by atoms with Gasteiger partial charge in [0.05, 0.1) is 26.1 Å². The first-order valence-corrected chi connectivity index (χ1v) is 5.28. The Bertz CT molecular complexity index is 229. The molecule has 92 valence electrons. The summed E-state index contributed by atoms with van der Waals surface area (Å²) in [6, 6.07) is 0. The van der Waals surface area contributed by atoms with Crippen LogP contribution in [0, 0.1) is 5.92 Å². The van der Waals surface area contributed by atoms with Gasteiger partial charge in [0.2, 0.25) is 0 Å². The molecule has 0 amide bonds. The molecule has 5 heteroatoms. The lowest BCUT2D eigenvalue weighted by Gasteiger charge is -2.10. The minimum Gasteiger partial charge on any atom is -0.502 e. The third kappa shape index (κ3) is 5.38. The second-order valence-electron chi connectivity index (χ2n) is 2.77. The normalized spacial score (nSPS) is 10.5. The highest BCUT2D eigenvalue weighted by atomic mass is 16.6. The van der Waals surface area contributed by atoms with Crippen molar-refractivity contribution >= 4 is 11.9 Å². The van der Waals surface area contributed by atoms with Crippen molar-refractivity contribution in [2.75, 3.05) is 19.8 Å². The molecule has 0 unspecified atom stereocenters. The van der Waals surface area contributed by atoms with Gasteiger partial charge in [-0.1, -0.05) is 0 Å². The van der Waals surface area contributed by atoms with Crippen LogP contribution in [0.2, 0.25) is 0 Å². The minimum absolute atomic E-state index is 0.219. The molecule has 0 saturated carbocycles. The minimum atomic E-state index is -1.05. The lowest BCUT2D eigenvalue weighted by molar-refractivity contribution is -0.159. The van der Waals surface area contributed by atoms with Crippen molar-refractivity contribution in [3.8, 4) is 0 Å². The first-order valence-electron chi connectivity index (χ1n) is 5.28. The fourth-order valence-electron chi connectivity index (χ4n) is 0.948. The third-order valence-electron chi connectivity index (χ3n) is 1.61. The topological polar surface area (TPSA) is 61.8 Å². The number of carbonyl (C=O) groups excluding carboxylic acids is 2. The molecule has 0 atom stereocenters. The van der Waals surface area contributed by atoms with Crippen molar-refractivity contribution in [3.63, 3.8) is 0 Å². The molecular weight excluding hydrogens is 212 g/mol. The van der Waals surface area contributed by atoms with Crippen LogP contribution in [0.15, 0.2) is 12.3 Å². The average molecular weight is 230 g/mol. The number of rotatable bonds is 7. The first kappa shape index (κ1) is 14.5. The zero-order valence-electron chi connectivity index (χ0n) is 9.89. The quantitative estimate of drug-likeness (QED) is 0.374. The standard InChI is InChI=1S/C11H18O5/c1-4-14-8-7-9(10(12)15-5-2)11(13)16-6-3/h7-9H,4-6H2,1-3H3/b8-7+. The average Bonchev–Trinajstić information content (AvgIpc) is 2.25. The van der Waals surface area contributed by atoms with Crippen LogP contribution in [0.1, 0.15) is 20.8 Å². The molecule has 0 spiro atoms. The summed E-state index contributed by atoms with van der Waals surface area (Å²) in [6.07, 6.45) is 2.64. The number of hydrogen-bond acceptors (Lipinski definition) is 5. The van der Waals surface area contributed by atoms with E-state index in [1.807, 2.05) is 0 Å². The van der Waals surface area contributed by atoms with Gasteiger partial charge < -0.3 is 14.2 Å². The van der Waals surface area contributed by atoms with E-state index in [1.54, 1.807) is 20.8 Å². The zero-order valence-corrected chi connectivity index (χ0v) is 9.89. The van der Waals surface area contributed by atoms with E-state index in [-0.39, 0.29) is 13.2 Å². The largest absolute Gasteiger partial charge is 0.502 e. The summed E-state index contributed by atoms with van der Waals surface area (Å²) < 4.78 is 14.4. The molecule has 0 N–H and O–H groups in total. The van der Waals surface area contributed by atoms with Gasteiger partial charge in [0.25, 0.3) is 0 Å². The monoisotopic (exact) mass is 230 g/mol. The molecule has 0 aromatic rings. The molecule has 5 nitrogen and oxygen atoms in total. The molecule has 0 aliphatic rings. The maximum atomic E-state index is 11.4. The molecule has 0 heterocycles. The fourth-order valence-corrected chi connectivity index (χ4v) is 0.948. The summed E-state index contributed by atoms with van der Waals surface area (Å²) in [4.78, 5) is 22.8. The van der Waals surface area contributed by atoms with Crippen LogP contribution in [0.4, 0.5) is 0 Å². The molecule has 0 radical (unpaired) electrons. The third-order valence-corrected chi connectivity index (χ3v) is 1.61. The highest BCUT2D eigenvalue weighted by Crippen LogP contribution is 2.06. The van der Waals surface area contributed by atoms with E-state index in [0.29, 0.717) is 6.61 Å². The molecule has 0 saturated heterocycles. The summed E-state index contributed by atoms with van der Waals surface area (Å²) in [5.41, 5.74) is 0. The van der Waals surface area contributed by atoms with E-state index < -0.39 is 17.9 Å². The Morgan fingerprint density at radius 2 is 1.50 bits per heavy atom. The van der Waals surface area contributed by atoms with Crippen LogP contribution in [-0.4, -0.2) is 31.8 Å². The Morgan fingerprint density at radius 3 is 1.88 bits per heavy atom. The van der Waals surface area contributed by atoms with E-state index in [2.05, 4.69) is 0 Å². The van der Waals surface area contributed by atoms with Gasteiger partial charge in [-0.3, -0.25) is 9.59 Å². The van der Waals surface area contributed by atoms with E-state index in [9.17, 15) is 9.59 Å². The lowest BCUT2D eigenvalue weighted by Crippen LogP contribution is -2.26. The van der Waals surface area contributed by atoms with Crippen molar-refractivity contribution in [2.45, 2.75) is 20.8 Å². The molecular formula is C11H18O5. The second kappa shape index (κ2) is 8.76. The molecule has 0 aromatic heterocycles. The molecule has 0 aliphatic heterocycles. The van der Waals surface area contributed by atoms with Gasteiger partial charge >= 0.3 is 11.9 Å². The molecule has 0 aromatic carbocycles. The summed E-state index contributed by atoms with van der Waals surface area (Å²) in [7, 11) is 0. The summed E-state index contributed by atoms with van der Waals surface area (Å²) in [6.45, 7) is 6.05. The summed E-state index contributed by atoms with van der Waals surface area (Å²) in [5, 5.41) is 0. The lowest BCUT2D eigenvalue weighted by atomic mass is 10.1. The Morgan fingerprint density at radius 1 is 1.00 bits per heavy atom. The highest BCUT2D eigenvalue weighted by molar-refractivity contribution is 5.96. The van der Waals surface area contributed by atoms with E-state index >= 15 is 0 Å². The van der Waals surface area contributed by atoms with Crippen LogP contribution >= 0.6 is 0 Å². The predicted octanol–water partition coefficient (Wildman–Crippen LogP) is 1.28. The Hall–Kier alpha value is -1.52. The van der Waals surface area contributed by atoms with Crippen molar-refractivity contribution in [3.05, 3.63) is 12.3 Å². The van der Waals surface area contributed by atoms with E-state index in [0.717, 1.165) is 0 Å². The van der Waals surface area contributed by atoms with Gasteiger partial charge in [-0.05, 0) is 26.8 Å². The Labute approximate surface area is 95.4 Å². The fraction of sp³-hybridized carbons (Fsp3) is 0.636. The molecule has 0 aliphatic carbocycles. The molecule has 0 bridgehead atoms. The zero-order chi connectivity index (χ0) is 12.4. The smallest absolute Gasteiger partial charge is 0.324 e. The SMILES string of the molecule is CCO/C=C/C(C(=O)OCC)C(=O)OCC. The number of ether oxygens (including phenoxy) is 3. The molecule has 0 rings (SSSR count). The van der Waals surface area contributed by atoms with Crippen LogP contribution in [-0.2, 0) is 23.8 Å². The van der Waals surface area contributed by atoms with Crippen LogP contribution < -0.4 is 0 Å². The molecule has 0 fully saturated rings. The predicted molar refractivity (Wildman–Crippen MR) is 57.5 cm³/mol. The van der Waals surface area contributed by atoms with Gasteiger partial charge in [-0.15, -0.1) is 0 Å². The number of carbonyl (C=O) groups is 2. The van der Waals surface area contributed by atoms with E-state index in [1.165, 1.54) is 12.3 Å². The number of hydrogen-bond donors (Lipinski definition) is 0. The van der Waals surface area contributed by atoms with Gasteiger partial charge in [-0.2, -0.15) is 0 Å². The summed E-state index contributed by atoms with van der Waals surface area (Å²) >= 11 is 0. The maximum Gasteiger partial charge on any atom is 0.324 e. The van der Waals surface area contributed by atoms with E-state index in [4.69, 9.17) is 14.2 Å².